The molecule has 0 amide bonds. The minimum Gasteiger partial charge on any atom is -0.392 e. The first-order chi connectivity index (χ1) is 9.15. The van der Waals surface area contributed by atoms with Gasteiger partial charge in [-0.25, -0.2) is 0 Å². The molecule has 5 nitrogen and oxygen atoms in total. The quantitative estimate of drug-likeness (QED) is 0.754. The summed E-state index contributed by atoms with van der Waals surface area (Å²) in [6, 6.07) is 5.26. The Hall–Kier alpha value is -1.24. The van der Waals surface area contributed by atoms with Crippen LogP contribution in [0.2, 0.25) is 0 Å². The molecule has 1 fully saturated rings. The van der Waals surface area contributed by atoms with E-state index in [9.17, 15) is 4.79 Å². The molecular weight excluding hydrogens is 260 g/mol. The van der Waals surface area contributed by atoms with Gasteiger partial charge in [-0.15, -0.1) is 0 Å². The number of aromatic nitrogens is 1. The van der Waals surface area contributed by atoms with Gasteiger partial charge in [-0.3, -0.25) is 14.6 Å². The lowest BCUT2D eigenvalue weighted by Crippen LogP contribution is -2.49. The van der Waals surface area contributed by atoms with Crippen LogP contribution in [0.3, 0.4) is 0 Å². The van der Waals surface area contributed by atoms with E-state index in [4.69, 9.17) is 18.0 Å². The molecule has 19 heavy (non-hydrogen) atoms. The van der Waals surface area contributed by atoms with Crippen molar-refractivity contribution in [2.75, 3.05) is 39.3 Å². The molecule has 104 valence electrons. The van der Waals surface area contributed by atoms with Crippen LogP contribution in [-0.2, 0) is 6.54 Å². The number of hydrogen-bond donors (Lipinski definition) is 1. The average molecular weight is 280 g/mol. The van der Waals surface area contributed by atoms with E-state index >= 15 is 0 Å². The summed E-state index contributed by atoms with van der Waals surface area (Å²) in [6.45, 7) is 6.34. The predicted octanol–water partition coefficient (Wildman–Crippen LogP) is -0.248. The first-order valence-corrected chi connectivity index (χ1v) is 6.94. The first kappa shape index (κ1) is 14.2. The molecule has 2 heterocycles. The van der Waals surface area contributed by atoms with Gasteiger partial charge in [0.2, 0.25) is 0 Å². The maximum absolute atomic E-state index is 11.6. The molecule has 1 aliphatic heterocycles. The third kappa shape index (κ3) is 4.41. The summed E-state index contributed by atoms with van der Waals surface area (Å²) in [4.78, 5) is 16.8. The van der Waals surface area contributed by atoms with Gasteiger partial charge in [0.25, 0.3) is 5.56 Å². The number of nitrogens with zero attached hydrogens (tertiary/aromatic N) is 3. The van der Waals surface area contributed by atoms with Gasteiger partial charge in [-0.2, -0.15) is 0 Å². The molecule has 1 aliphatic rings. The van der Waals surface area contributed by atoms with Crippen molar-refractivity contribution in [1.29, 1.82) is 0 Å². The lowest BCUT2D eigenvalue weighted by Gasteiger charge is -2.34. The number of nitrogens with two attached hydrogens (primary N) is 1. The topological polar surface area (TPSA) is 54.5 Å². The Morgan fingerprint density at radius 3 is 2.47 bits per heavy atom. The standard InChI is InChI=1S/C13H20N4OS/c14-12(19)11-16-7-5-15(6-8-16)9-10-17-4-2-1-3-13(17)18/h1-4H,5-11H2,(H2,14,19). The van der Waals surface area contributed by atoms with Crippen molar-refractivity contribution in [3.63, 3.8) is 0 Å². The van der Waals surface area contributed by atoms with E-state index in [1.165, 1.54) is 0 Å². The molecule has 1 aromatic rings. The Balaban J connectivity index is 1.76. The Bertz CT molecular complexity index is 480. The van der Waals surface area contributed by atoms with Crippen LogP contribution in [0.4, 0.5) is 0 Å². The zero-order valence-electron chi connectivity index (χ0n) is 11.0. The molecule has 0 bridgehead atoms. The van der Waals surface area contributed by atoms with Gasteiger partial charge in [-0.1, -0.05) is 18.3 Å². The normalized spacial score (nSPS) is 17.5. The van der Waals surface area contributed by atoms with Gasteiger partial charge in [0.05, 0.1) is 4.99 Å². The second kappa shape index (κ2) is 6.79. The SMILES string of the molecule is NC(=S)CN1CCN(CCn2ccccc2=O)CC1. The monoisotopic (exact) mass is 280 g/mol. The molecule has 0 saturated carbocycles. The summed E-state index contributed by atoms with van der Waals surface area (Å²) in [5.74, 6) is 0. The van der Waals surface area contributed by atoms with Gasteiger partial charge in [0.1, 0.15) is 0 Å². The molecule has 2 rings (SSSR count). The van der Waals surface area contributed by atoms with E-state index in [0.29, 0.717) is 11.5 Å². The van der Waals surface area contributed by atoms with E-state index in [2.05, 4.69) is 9.80 Å². The zero-order valence-corrected chi connectivity index (χ0v) is 11.8. The third-order valence-corrected chi connectivity index (χ3v) is 3.53. The van der Waals surface area contributed by atoms with E-state index in [1.54, 1.807) is 16.7 Å². The van der Waals surface area contributed by atoms with Crippen molar-refractivity contribution in [3.8, 4) is 0 Å². The summed E-state index contributed by atoms with van der Waals surface area (Å²) in [6.07, 6.45) is 1.84. The van der Waals surface area contributed by atoms with Crippen molar-refractivity contribution in [2.45, 2.75) is 6.54 Å². The van der Waals surface area contributed by atoms with Gasteiger partial charge in [-0.05, 0) is 6.07 Å². The smallest absolute Gasteiger partial charge is 0.250 e. The number of thiocarbonyl (C=S) groups is 1. The Morgan fingerprint density at radius 2 is 1.84 bits per heavy atom. The summed E-state index contributed by atoms with van der Waals surface area (Å²) in [5.41, 5.74) is 5.61. The number of hydrogen-bond acceptors (Lipinski definition) is 4. The highest BCUT2D eigenvalue weighted by Crippen LogP contribution is 2.01. The van der Waals surface area contributed by atoms with Gasteiger partial charge < -0.3 is 10.3 Å². The molecular formula is C13H20N4OS. The molecule has 0 aliphatic carbocycles. The largest absolute Gasteiger partial charge is 0.392 e. The molecule has 1 aromatic heterocycles. The number of rotatable bonds is 5. The van der Waals surface area contributed by atoms with Crippen molar-refractivity contribution >= 4 is 17.2 Å². The highest BCUT2D eigenvalue weighted by atomic mass is 32.1. The summed E-state index contributed by atoms with van der Waals surface area (Å²) in [5, 5.41) is 0. The summed E-state index contributed by atoms with van der Waals surface area (Å²) in [7, 11) is 0. The fourth-order valence-electron chi connectivity index (χ4n) is 2.29. The minimum absolute atomic E-state index is 0.0645. The van der Waals surface area contributed by atoms with Crippen molar-refractivity contribution in [2.24, 2.45) is 5.73 Å². The highest BCUT2D eigenvalue weighted by molar-refractivity contribution is 7.80. The maximum atomic E-state index is 11.6. The molecule has 0 radical (unpaired) electrons. The fraction of sp³-hybridized carbons (Fsp3) is 0.538. The van der Waals surface area contributed by atoms with E-state index in [1.807, 2.05) is 12.3 Å². The van der Waals surface area contributed by atoms with Gasteiger partial charge in [0, 0.05) is 58.1 Å². The van der Waals surface area contributed by atoms with Crippen molar-refractivity contribution < 1.29 is 0 Å². The van der Waals surface area contributed by atoms with E-state index < -0.39 is 0 Å². The number of pyridine rings is 1. The van der Waals surface area contributed by atoms with Crippen LogP contribution in [-0.4, -0.2) is 58.6 Å². The van der Waals surface area contributed by atoms with Gasteiger partial charge in [0.15, 0.2) is 0 Å². The molecule has 2 N–H and O–H groups in total. The van der Waals surface area contributed by atoms with Crippen LogP contribution in [0.5, 0.6) is 0 Å². The summed E-state index contributed by atoms with van der Waals surface area (Å²) >= 11 is 4.92. The second-order valence-electron chi connectivity index (χ2n) is 4.82. The molecule has 0 aromatic carbocycles. The first-order valence-electron chi connectivity index (χ1n) is 6.53. The Kier molecular flexibility index (Phi) is 5.07. The maximum Gasteiger partial charge on any atom is 0.250 e. The Morgan fingerprint density at radius 1 is 1.16 bits per heavy atom. The van der Waals surface area contributed by atoms with Crippen LogP contribution in [0.25, 0.3) is 0 Å². The van der Waals surface area contributed by atoms with Crippen LogP contribution in [0.1, 0.15) is 0 Å². The third-order valence-electron chi connectivity index (χ3n) is 3.40. The van der Waals surface area contributed by atoms with Crippen LogP contribution >= 0.6 is 12.2 Å². The van der Waals surface area contributed by atoms with Gasteiger partial charge >= 0.3 is 0 Å². The molecule has 0 spiro atoms. The van der Waals surface area contributed by atoms with Crippen molar-refractivity contribution in [3.05, 3.63) is 34.7 Å². The zero-order chi connectivity index (χ0) is 13.7. The molecule has 6 heteroatoms. The molecule has 1 saturated heterocycles. The van der Waals surface area contributed by atoms with Crippen LogP contribution in [0, 0.1) is 0 Å². The number of piperazine rings is 1. The minimum atomic E-state index is 0.0645. The predicted molar refractivity (Wildman–Crippen MR) is 80.4 cm³/mol. The summed E-state index contributed by atoms with van der Waals surface area (Å²) < 4.78 is 1.75. The fourth-order valence-corrected chi connectivity index (χ4v) is 2.47. The Labute approximate surface area is 118 Å². The van der Waals surface area contributed by atoms with Crippen LogP contribution in [0.15, 0.2) is 29.2 Å². The lowest BCUT2D eigenvalue weighted by atomic mass is 10.3. The highest BCUT2D eigenvalue weighted by Gasteiger charge is 2.16. The van der Waals surface area contributed by atoms with E-state index in [-0.39, 0.29) is 5.56 Å². The van der Waals surface area contributed by atoms with Crippen LogP contribution < -0.4 is 11.3 Å². The van der Waals surface area contributed by atoms with Crippen molar-refractivity contribution in [1.82, 2.24) is 14.4 Å². The second-order valence-corrected chi connectivity index (χ2v) is 5.34. The lowest BCUT2D eigenvalue weighted by molar-refractivity contribution is 0.142. The molecule has 0 unspecified atom stereocenters. The molecule has 0 atom stereocenters. The average Bonchev–Trinajstić information content (AvgIpc) is 2.39. The van der Waals surface area contributed by atoms with E-state index in [0.717, 1.165) is 39.3 Å².